The fraction of sp³-hybridized carbons (Fsp3) is 0.714. The molecule has 0 radical (unpaired) electrons. The summed E-state index contributed by atoms with van der Waals surface area (Å²) in [5, 5.41) is 15.4. The molecule has 1 aromatic heterocycles. The Morgan fingerprint density at radius 3 is 2.33 bits per heavy atom. The fourth-order valence-corrected chi connectivity index (χ4v) is 0.828. The van der Waals surface area contributed by atoms with Gasteiger partial charge in [-0.2, -0.15) is 0 Å². The van der Waals surface area contributed by atoms with Gasteiger partial charge in [-0.3, -0.25) is 0 Å². The maximum absolute atomic E-state index is 5.34. The van der Waals surface area contributed by atoms with Crippen LogP contribution in [0.5, 0.6) is 0 Å². The molecule has 0 aliphatic carbocycles. The molecule has 0 aliphatic rings. The quantitative estimate of drug-likeness (QED) is 0.631. The standard InChI is InChI=1S/C7H13N5/c1-6-9-11-7(12-10-6)4-2-3-5-8/h2-5,8H2,1H3. The molecule has 0 bridgehead atoms. The predicted octanol–water partition coefficient (Wildman–Crippen LogP) is -0.144. The van der Waals surface area contributed by atoms with Crippen LogP contribution in [0.15, 0.2) is 0 Å². The van der Waals surface area contributed by atoms with Crippen molar-refractivity contribution in [2.75, 3.05) is 6.54 Å². The van der Waals surface area contributed by atoms with Gasteiger partial charge in [0.15, 0.2) is 11.6 Å². The Balaban J connectivity index is 2.37. The molecule has 0 amide bonds. The molecule has 5 heteroatoms. The Kier molecular flexibility index (Phi) is 3.53. The highest BCUT2D eigenvalue weighted by Crippen LogP contribution is 1.94. The summed E-state index contributed by atoms with van der Waals surface area (Å²) in [6, 6.07) is 0. The predicted molar refractivity (Wildman–Crippen MR) is 44.4 cm³/mol. The van der Waals surface area contributed by atoms with Gasteiger partial charge in [-0.05, 0) is 26.3 Å². The lowest BCUT2D eigenvalue weighted by Crippen LogP contribution is -2.04. The largest absolute Gasteiger partial charge is 0.330 e. The summed E-state index contributed by atoms with van der Waals surface area (Å²) in [5.74, 6) is 1.31. The van der Waals surface area contributed by atoms with Crippen LogP contribution in [0.3, 0.4) is 0 Å². The van der Waals surface area contributed by atoms with Crippen LogP contribution < -0.4 is 5.73 Å². The van der Waals surface area contributed by atoms with Crippen LogP contribution in [-0.2, 0) is 6.42 Å². The van der Waals surface area contributed by atoms with Gasteiger partial charge in [0.2, 0.25) is 0 Å². The first-order chi connectivity index (χ1) is 5.83. The van der Waals surface area contributed by atoms with Gasteiger partial charge < -0.3 is 5.73 Å². The Labute approximate surface area is 71.4 Å². The molecule has 0 aromatic carbocycles. The molecular weight excluding hydrogens is 154 g/mol. The highest BCUT2D eigenvalue weighted by Gasteiger charge is 1.97. The fourth-order valence-electron chi connectivity index (χ4n) is 0.828. The topological polar surface area (TPSA) is 77.6 Å². The molecule has 0 unspecified atom stereocenters. The second-order valence-electron chi connectivity index (χ2n) is 2.61. The number of aromatic nitrogens is 4. The third kappa shape index (κ3) is 2.87. The maximum atomic E-state index is 5.34. The van der Waals surface area contributed by atoms with Gasteiger partial charge in [0.05, 0.1) is 0 Å². The second-order valence-corrected chi connectivity index (χ2v) is 2.61. The highest BCUT2D eigenvalue weighted by atomic mass is 15.3. The number of rotatable bonds is 4. The second kappa shape index (κ2) is 4.71. The lowest BCUT2D eigenvalue weighted by molar-refractivity contribution is 0.665. The summed E-state index contributed by atoms with van der Waals surface area (Å²) < 4.78 is 0. The van der Waals surface area contributed by atoms with Crippen LogP contribution in [-0.4, -0.2) is 26.9 Å². The smallest absolute Gasteiger partial charge is 0.173 e. The van der Waals surface area contributed by atoms with E-state index < -0.39 is 0 Å². The van der Waals surface area contributed by atoms with Crippen LogP contribution >= 0.6 is 0 Å². The van der Waals surface area contributed by atoms with Crippen LogP contribution in [0.4, 0.5) is 0 Å². The van der Waals surface area contributed by atoms with E-state index in [0.29, 0.717) is 18.2 Å². The first-order valence-corrected chi connectivity index (χ1v) is 4.06. The van der Waals surface area contributed by atoms with Crippen molar-refractivity contribution in [2.45, 2.75) is 26.2 Å². The lowest BCUT2D eigenvalue weighted by Gasteiger charge is -1.96. The van der Waals surface area contributed by atoms with E-state index in [1.165, 1.54) is 0 Å². The number of nitrogens with two attached hydrogens (primary N) is 1. The van der Waals surface area contributed by atoms with E-state index in [1.54, 1.807) is 6.92 Å². The van der Waals surface area contributed by atoms with Crippen molar-refractivity contribution in [1.29, 1.82) is 0 Å². The molecule has 12 heavy (non-hydrogen) atoms. The van der Waals surface area contributed by atoms with Gasteiger partial charge in [0, 0.05) is 6.42 Å². The average molecular weight is 167 g/mol. The number of hydrogen-bond acceptors (Lipinski definition) is 5. The van der Waals surface area contributed by atoms with Crippen LogP contribution in [0, 0.1) is 6.92 Å². The van der Waals surface area contributed by atoms with Crippen molar-refractivity contribution in [3.05, 3.63) is 11.6 Å². The van der Waals surface area contributed by atoms with Gasteiger partial charge >= 0.3 is 0 Å². The van der Waals surface area contributed by atoms with Crippen molar-refractivity contribution in [3.8, 4) is 0 Å². The first kappa shape index (κ1) is 8.99. The van der Waals surface area contributed by atoms with Crippen molar-refractivity contribution in [2.24, 2.45) is 5.73 Å². The number of hydrogen-bond donors (Lipinski definition) is 1. The van der Waals surface area contributed by atoms with Crippen molar-refractivity contribution in [3.63, 3.8) is 0 Å². The third-order valence-electron chi connectivity index (χ3n) is 1.47. The van der Waals surface area contributed by atoms with E-state index in [9.17, 15) is 0 Å². The van der Waals surface area contributed by atoms with Gasteiger partial charge in [0.25, 0.3) is 0 Å². The van der Waals surface area contributed by atoms with E-state index in [2.05, 4.69) is 20.4 Å². The zero-order chi connectivity index (χ0) is 8.81. The van der Waals surface area contributed by atoms with E-state index in [0.717, 1.165) is 19.3 Å². The molecule has 0 saturated carbocycles. The molecule has 1 heterocycles. The average Bonchev–Trinajstić information content (AvgIpc) is 2.09. The van der Waals surface area contributed by atoms with Crippen LogP contribution in [0.2, 0.25) is 0 Å². The number of aryl methyl sites for hydroxylation is 2. The van der Waals surface area contributed by atoms with E-state index in [1.807, 2.05) is 0 Å². The summed E-state index contributed by atoms with van der Waals surface area (Å²) in [7, 11) is 0. The van der Waals surface area contributed by atoms with Crippen molar-refractivity contribution < 1.29 is 0 Å². The molecule has 2 N–H and O–H groups in total. The molecule has 1 rings (SSSR count). The molecule has 0 saturated heterocycles. The molecule has 1 aromatic rings. The Morgan fingerprint density at radius 1 is 1.08 bits per heavy atom. The molecule has 0 atom stereocenters. The zero-order valence-electron chi connectivity index (χ0n) is 7.19. The van der Waals surface area contributed by atoms with E-state index in [-0.39, 0.29) is 0 Å². The molecule has 0 fully saturated rings. The molecule has 0 aliphatic heterocycles. The number of nitrogens with zero attached hydrogens (tertiary/aromatic N) is 4. The minimum absolute atomic E-state index is 0.609. The van der Waals surface area contributed by atoms with Crippen LogP contribution in [0.1, 0.15) is 24.5 Å². The summed E-state index contributed by atoms with van der Waals surface area (Å²) in [4.78, 5) is 0. The van der Waals surface area contributed by atoms with Crippen molar-refractivity contribution >= 4 is 0 Å². The zero-order valence-corrected chi connectivity index (χ0v) is 7.19. The summed E-state index contributed by atoms with van der Waals surface area (Å²) >= 11 is 0. The van der Waals surface area contributed by atoms with E-state index in [4.69, 9.17) is 5.73 Å². The SMILES string of the molecule is Cc1nnc(CCCCN)nn1. The van der Waals surface area contributed by atoms with Gasteiger partial charge in [-0.15, -0.1) is 20.4 Å². The van der Waals surface area contributed by atoms with Gasteiger partial charge in [-0.25, -0.2) is 0 Å². The van der Waals surface area contributed by atoms with E-state index >= 15 is 0 Å². The number of unbranched alkanes of at least 4 members (excludes halogenated alkanes) is 1. The van der Waals surface area contributed by atoms with Crippen LogP contribution in [0.25, 0.3) is 0 Å². The normalized spacial score (nSPS) is 10.2. The minimum Gasteiger partial charge on any atom is -0.330 e. The molecular formula is C7H13N5. The third-order valence-corrected chi connectivity index (χ3v) is 1.47. The Hall–Kier alpha value is -1.10. The summed E-state index contributed by atoms with van der Waals surface area (Å²) in [6.45, 7) is 2.48. The minimum atomic E-state index is 0.609. The summed E-state index contributed by atoms with van der Waals surface area (Å²) in [5.41, 5.74) is 5.34. The lowest BCUT2D eigenvalue weighted by atomic mass is 10.2. The highest BCUT2D eigenvalue weighted by molar-refractivity contribution is 4.79. The molecule has 66 valence electrons. The van der Waals surface area contributed by atoms with Crippen molar-refractivity contribution in [1.82, 2.24) is 20.4 Å². The maximum Gasteiger partial charge on any atom is 0.173 e. The van der Waals surface area contributed by atoms with Gasteiger partial charge in [0.1, 0.15) is 0 Å². The molecule has 5 nitrogen and oxygen atoms in total. The monoisotopic (exact) mass is 167 g/mol. The Bertz CT molecular complexity index is 220. The molecule has 0 spiro atoms. The first-order valence-electron chi connectivity index (χ1n) is 4.06. The summed E-state index contributed by atoms with van der Waals surface area (Å²) in [6.07, 6.45) is 2.82. The Morgan fingerprint density at radius 2 is 1.75 bits per heavy atom. The van der Waals surface area contributed by atoms with Gasteiger partial charge in [-0.1, -0.05) is 0 Å².